The highest BCUT2D eigenvalue weighted by atomic mass is 15.0. The minimum atomic E-state index is -0.631. The maximum Gasteiger partial charge on any atom is 0.287 e. The van der Waals surface area contributed by atoms with Gasteiger partial charge in [0.1, 0.15) is 5.52 Å². The normalized spacial score (nSPS) is 13.1. The van der Waals surface area contributed by atoms with E-state index in [0.717, 1.165) is 28.4 Å². The van der Waals surface area contributed by atoms with Gasteiger partial charge in [-0.25, -0.2) is 11.1 Å². The Morgan fingerprint density at radius 2 is 1.69 bits per heavy atom. The molecule has 6 aromatic rings. The standard InChI is InChI=1S/C32H33N4/c1-18-12-23-22-11-10-20(16-31(3,4)5)13-25(22)36-26-15-21(32(6,7)33-8)14-24-28(26)30(35(9)17-34-24)27(19(18)2)29(23)36/h10-15,17H,16H2,1-7,9H3/q+1. The average Bonchev–Trinajstić information content (AvgIpc) is 3.12. The summed E-state index contributed by atoms with van der Waals surface area (Å²) in [6, 6.07) is 13.7. The van der Waals surface area contributed by atoms with Crippen molar-refractivity contribution in [2.24, 2.45) is 12.5 Å². The molecule has 0 atom stereocenters. The van der Waals surface area contributed by atoms with E-state index in [-0.39, 0.29) is 5.41 Å². The lowest BCUT2D eigenvalue weighted by Gasteiger charge is -2.18. The maximum atomic E-state index is 7.86. The van der Waals surface area contributed by atoms with Gasteiger partial charge in [-0.05, 0) is 65.6 Å². The molecular weight excluding hydrogens is 440 g/mol. The monoisotopic (exact) mass is 473 g/mol. The van der Waals surface area contributed by atoms with Gasteiger partial charge in [0.25, 0.3) is 11.9 Å². The number of pyridine rings is 1. The van der Waals surface area contributed by atoms with Crippen molar-refractivity contribution in [3.63, 3.8) is 0 Å². The van der Waals surface area contributed by atoms with Crippen LogP contribution in [0.2, 0.25) is 0 Å². The summed E-state index contributed by atoms with van der Waals surface area (Å²) in [6.45, 7) is 23.2. The van der Waals surface area contributed by atoms with Crippen LogP contribution in [0.1, 0.15) is 56.9 Å². The van der Waals surface area contributed by atoms with Gasteiger partial charge < -0.3 is 9.25 Å². The van der Waals surface area contributed by atoms with Crippen molar-refractivity contribution in [2.75, 3.05) is 0 Å². The van der Waals surface area contributed by atoms with Crippen molar-refractivity contribution in [3.05, 3.63) is 76.4 Å². The zero-order valence-corrected chi connectivity index (χ0v) is 22.5. The van der Waals surface area contributed by atoms with Crippen molar-refractivity contribution in [1.29, 1.82) is 0 Å². The molecule has 3 aromatic carbocycles. The van der Waals surface area contributed by atoms with Crippen molar-refractivity contribution < 1.29 is 4.57 Å². The van der Waals surface area contributed by atoms with Crippen LogP contribution in [-0.4, -0.2) is 9.38 Å². The second-order valence-corrected chi connectivity index (χ2v) is 12.3. The van der Waals surface area contributed by atoms with Gasteiger partial charge in [-0.1, -0.05) is 32.9 Å². The molecule has 0 saturated heterocycles. The van der Waals surface area contributed by atoms with Crippen molar-refractivity contribution in [3.8, 4) is 0 Å². The number of rotatable bonds is 2. The lowest BCUT2D eigenvalue weighted by molar-refractivity contribution is -0.646. The van der Waals surface area contributed by atoms with Crippen LogP contribution in [0.3, 0.4) is 0 Å². The number of aryl methyl sites for hydroxylation is 3. The zero-order valence-electron chi connectivity index (χ0n) is 22.5. The SMILES string of the molecule is [C-]#[N+]C(C)(C)c1cc2nc[n+](C)c3c4c(C)c(C)cc5c6ccc(CC(C)(C)C)cc6n(c(c1)c23)c54. The van der Waals surface area contributed by atoms with Crippen LogP contribution in [-0.2, 0) is 19.0 Å². The Morgan fingerprint density at radius 1 is 0.944 bits per heavy atom. The molecule has 0 aliphatic carbocycles. The molecule has 0 saturated carbocycles. The van der Waals surface area contributed by atoms with E-state index >= 15 is 0 Å². The zero-order chi connectivity index (χ0) is 25.7. The molecule has 0 radical (unpaired) electrons. The maximum absolute atomic E-state index is 7.86. The van der Waals surface area contributed by atoms with Crippen LogP contribution in [0.5, 0.6) is 0 Å². The first-order chi connectivity index (χ1) is 16.9. The number of aromatic nitrogens is 3. The fraction of sp³-hybridized carbons (Fsp3) is 0.344. The highest BCUT2D eigenvalue weighted by Crippen LogP contribution is 2.43. The highest BCUT2D eigenvalue weighted by Gasteiger charge is 2.31. The van der Waals surface area contributed by atoms with E-state index in [1.807, 2.05) is 20.2 Å². The summed E-state index contributed by atoms with van der Waals surface area (Å²) in [5.74, 6) is 0. The van der Waals surface area contributed by atoms with E-state index in [4.69, 9.17) is 11.6 Å². The van der Waals surface area contributed by atoms with E-state index in [1.165, 1.54) is 49.4 Å². The van der Waals surface area contributed by atoms with E-state index in [2.05, 4.69) is 91.9 Å². The Kier molecular flexibility index (Phi) is 4.53. The Balaban J connectivity index is 1.95. The molecule has 0 N–H and O–H groups in total. The molecule has 4 heteroatoms. The lowest BCUT2D eigenvalue weighted by atomic mass is 9.88. The van der Waals surface area contributed by atoms with Crippen molar-refractivity contribution >= 4 is 49.1 Å². The molecule has 0 unspecified atom stereocenters. The molecule has 36 heavy (non-hydrogen) atoms. The lowest BCUT2D eigenvalue weighted by Crippen LogP contribution is -2.30. The van der Waals surface area contributed by atoms with Gasteiger partial charge in [0.2, 0.25) is 0 Å². The summed E-state index contributed by atoms with van der Waals surface area (Å²) >= 11 is 0. The minimum Gasteiger partial charge on any atom is -0.308 e. The number of hydrogen-bond donors (Lipinski definition) is 0. The molecule has 4 nitrogen and oxygen atoms in total. The van der Waals surface area contributed by atoms with Gasteiger partial charge in [0.15, 0.2) is 5.52 Å². The number of benzene rings is 3. The Hall–Kier alpha value is -3.71. The van der Waals surface area contributed by atoms with E-state index in [9.17, 15) is 0 Å². The number of fused-ring (bicyclic) bond motifs is 5. The minimum absolute atomic E-state index is 0.205. The van der Waals surface area contributed by atoms with Gasteiger partial charge in [-0.2, -0.15) is 0 Å². The number of hydrogen-bond acceptors (Lipinski definition) is 1. The third kappa shape index (κ3) is 3.05. The van der Waals surface area contributed by atoms with Gasteiger partial charge in [0.05, 0.1) is 34.4 Å². The molecule has 0 amide bonds. The van der Waals surface area contributed by atoms with Crippen LogP contribution in [0.15, 0.2) is 42.7 Å². The Bertz CT molecular complexity index is 1910. The molecule has 3 heterocycles. The van der Waals surface area contributed by atoms with Crippen molar-refractivity contribution in [2.45, 2.75) is 60.4 Å². The number of nitrogens with zero attached hydrogens (tertiary/aromatic N) is 4. The molecule has 0 aliphatic heterocycles. The first-order valence-corrected chi connectivity index (χ1v) is 12.7. The van der Waals surface area contributed by atoms with Crippen LogP contribution in [0, 0.1) is 25.8 Å². The third-order valence-corrected chi connectivity index (χ3v) is 7.89. The summed E-state index contributed by atoms with van der Waals surface area (Å²) in [5, 5.41) is 5.01. The second-order valence-electron chi connectivity index (χ2n) is 12.3. The molecule has 6 rings (SSSR count). The molecule has 0 aliphatic rings. The van der Waals surface area contributed by atoms with E-state index < -0.39 is 5.54 Å². The largest absolute Gasteiger partial charge is 0.308 e. The molecule has 0 spiro atoms. The van der Waals surface area contributed by atoms with E-state index in [1.54, 1.807) is 0 Å². The highest BCUT2D eigenvalue weighted by molar-refractivity contribution is 6.25. The molecular formula is C32H33N4+. The fourth-order valence-corrected chi connectivity index (χ4v) is 5.95. The third-order valence-electron chi connectivity index (χ3n) is 7.89. The molecule has 0 fully saturated rings. The first-order valence-electron chi connectivity index (χ1n) is 12.7. The molecule has 180 valence electrons. The summed E-state index contributed by atoms with van der Waals surface area (Å²) in [5.41, 5.74) is 10.3. The summed E-state index contributed by atoms with van der Waals surface area (Å²) < 4.78 is 4.62. The van der Waals surface area contributed by atoms with Gasteiger partial charge in [-0.3, -0.25) is 0 Å². The van der Waals surface area contributed by atoms with Crippen LogP contribution < -0.4 is 4.57 Å². The second kappa shape index (κ2) is 7.17. The summed E-state index contributed by atoms with van der Waals surface area (Å²) in [4.78, 5) is 8.82. The summed E-state index contributed by atoms with van der Waals surface area (Å²) in [6.07, 6.45) is 2.94. The topological polar surface area (TPSA) is 25.5 Å². The fourth-order valence-electron chi connectivity index (χ4n) is 5.95. The van der Waals surface area contributed by atoms with Gasteiger partial charge in [0, 0.05) is 36.2 Å². The summed E-state index contributed by atoms with van der Waals surface area (Å²) in [7, 11) is 2.09. The predicted molar refractivity (Wildman–Crippen MR) is 150 cm³/mol. The smallest absolute Gasteiger partial charge is 0.287 e. The van der Waals surface area contributed by atoms with Crippen LogP contribution in [0.4, 0.5) is 0 Å². The first kappa shape index (κ1) is 22.7. The van der Waals surface area contributed by atoms with Crippen molar-refractivity contribution in [1.82, 2.24) is 9.38 Å². The molecule has 3 aromatic heterocycles. The van der Waals surface area contributed by atoms with E-state index in [0.29, 0.717) is 0 Å². The average molecular weight is 474 g/mol. The van der Waals surface area contributed by atoms with Gasteiger partial charge >= 0.3 is 0 Å². The predicted octanol–water partition coefficient (Wildman–Crippen LogP) is 7.57. The molecule has 0 bridgehead atoms. The van der Waals surface area contributed by atoms with Crippen LogP contribution in [0.25, 0.3) is 54.0 Å². The van der Waals surface area contributed by atoms with Crippen LogP contribution >= 0.6 is 0 Å². The van der Waals surface area contributed by atoms with Gasteiger partial charge in [-0.15, -0.1) is 0 Å². The Morgan fingerprint density at radius 3 is 2.39 bits per heavy atom. The Labute approximate surface area is 212 Å². The quantitative estimate of drug-likeness (QED) is 0.110.